The van der Waals surface area contributed by atoms with Crippen LogP contribution in [-0.4, -0.2) is 24.6 Å². The molecule has 0 aromatic rings. The van der Waals surface area contributed by atoms with Crippen LogP contribution in [0.15, 0.2) is 0 Å². The molecule has 1 unspecified atom stereocenters. The molecule has 0 aliphatic heterocycles. The molecule has 0 amide bonds. The summed E-state index contributed by atoms with van der Waals surface area (Å²) in [4.78, 5) is 24.7. The second-order valence-corrected chi connectivity index (χ2v) is 10.2. The van der Waals surface area contributed by atoms with E-state index in [2.05, 4.69) is 13.8 Å². The zero-order valence-corrected chi connectivity index (χ0v) is 22.6. The molecule has 0 bridgehead atoms. The average molecular weight is 469 g/mol. The number of carbonyl (C=O) groups excluding carboxylic acids is 2. The molecule has 4 heteroatoms. The highest BCUT2D eigenvalue weighted by Crippen LogP contribution is 2.15. The zero-order valence-electron chi connectivity index (χ0n) is 22.6. The van der Waals surface area contributed by atoms with E-state index in [0.29, 0.717) is 19.4 Å². The van der Waals surface area contributed by atoms with Gasteiger partial charge in [-0.25, -0.2) is 4.79 Å². The SMILES string of the molecule is CCCCCCCCCCCCOC(=O)C(CCCCCCCCCC)OC(=O)CC(C)C. The standard InChI is InChI=1S/C29H56O4/c1-5-7-9-11-13-15-16-18-20-22-24-32-29(31)27(33-28(30)25-26(3)4)23-21-19-17-14-12-10-8-6-2/h26-27H,5-25H2,1-4H3. The van der Waals surface area contributed by atoms with Crippen molar-refractivity contribution in [3.63, 3.8) is 0 Å². The Bertz CT molecular complexity index is 447. The Kier molecular flexibility index (Phi) is 23.3. The maximum atomic E-state index is 12.6. The summed E-state index contributed by atoms with van der Waals surface area (Å²) in [5, 5.41) is 0. The molecular formula is C29H56O4. The van der Waals surface area contributed by atoms with Gasteiger partial charge in [0.25, 0.3) is 0 Å². The predicted octanol–water partition coefficient (Wildman–Crippen LogP) is 8.94. The van der Waals surface area contributed by atoms with Crippen LogP contribution in [-0.2, 0) is 19.1 Å². The molecule has 0 aromatic carbocycles. The molecule has 0 rings (SSSR count). The Balaban J connectivity index is 4.05. The van der Waals surface area contributed by atoms with Gasteiger partial charge in [0.2, 0.25) is 0 Å². The molecule has 0 aromatic heterocycles. The van der Waals surface area contributed by atoms with Crippen molar-refractivity contribution in [1.82, 2.24) is 0 Å². The van der Waals surface area contributed by atoms with E-state index in [-0.39, 0.29) is 17.9 Å². The van der Waals surface area contributed by atoms with E-state index in [9.17, 15) is 9.59 Å². The maximum Gasteiger partial charge on any atom is 0.347 e. The third-order valence-corrected chi connectivity index (χ3v) is 6.17. The second-order valence-electron chi connectivity index (χ2n) is 10.2. The Labute approximate surface area is 206 Å². The number of hydrogen-bond acceptors (Lipinski definition) is 4. The Morgan fingerprint density at radius 2 is 1.03 bits per heavy atom. The summed E-state index contributed by atoms with van der Waals surface area (Å²) < 4.78 is 11.0. The van der Waals surface area contributed by atoms with Crippen LogP contribution in [0.5, 0.6) is 0 Å². The summed E-state index contributed by atoms with van der Waals surface area (Å²) in [5.74, 6) is -0.416. The second kappa shape index (κ2) is 24.1. The van der Waals surface area contributed by atoms with Gasteiger partial charge in [-0.2, -0.15) is 0 Å². The molecule has 0 fully saturated rings. The van der Waals surface area contributed by atoms with Crippen LogP contribution in [0.4, 0.5) is 0 Å². The summed E-state index contributed by atoms with van der Waals surface area (Å²) in [6, 6.07) is 0. The molecule has 196 valence electrons. The smallest absolute Gasteiger partial charge is 0.347 e. The Hall–Kier alpha value is -1.06. The average Bonchev–Trinajstić information content (AvgIpc) is 2.77. The van der Waals surface area contributed by atoms with E-state index in [1.54, 1.807) is 0 Å². The molecule has 0 heterocycles. The quantitative estimate of drug-likeness (QED) is 0.105. The van der Waals surface area contributed by atoms with Crippen LogP contribution in [0.2, 0.25) is 0 Å². The third kappa shape index (κ3) is 22.5. The van der Waals surface area contributed by atoms with Crippen molar-refractivity contribution in [1.29, 1.82) is 0 Å². The van der Waals surface area contributed by atoms with Crippen molar-refractivity contribution >= 4 is 11.9 Å². The molecule has 0 saturated heterocycles. The van der Waals surface area contributed by atoms with Crippen LogP contribution in [0.25, 0.3) is 0 Å². The van der Waals surface area contributed by atoms with Gasteiger partial charge in [-0.1, -0.05) is 130 Å². The molecule has 33 heavy (non-hydrogen) atoms. The normalized spacial score (nSPS) is 12.2. The Morgan fingerprint density at radius 1 is 0.606 bits per heavy atom. The highest BCUT2D eigenvalue weighted by atomic mass is 16.6. The fourth-order valence-electron chi connectivity index (χ4n) is 4.08. The van der Waals surface area contributed by atoms with Gasteiger partial charge in [0.05, 0.1) is 6.61 Å². The first-order valence-electron chi connectivity index (χ1n) is 14.4. The molecular weight excluding hydrogens is 412 g/mol. The van der Waals surface area contributed by atoms with Gasteiger partial charge < -0.3 is 9.47 Å². The number of carbonyl (C=O) groups is 2. The van der Waals surface area contributed by atoms with Gasteiger partial charge in [-0.15, -0.1) is 0 Å². The van der Waals surface area contributed by atoms with E-state index in [0.717, 1.165) is 25.7 Å². The fraction of sp³-hybridized carbons (Fsp3) is 0.931. The van der Waals surface area contributed by atoms with Gasteiger partial charge in [-0.05, 0) is 25.2 Å². The van der Waals surface area contributed by atoms with E-state index in [4.69, 9.17) is 9.47 Å². The first-order valence-corrected chi connectivity index (χ1v) is 14.4. The monoisotopic (exact) mass is 468 g/mol. The van der Waals surface area contributed by atoms with Gasteiger partial charge >= 0.3 is 11.9 Å². The number of rotatable bonds is 24. The summed E-state index contributed by atoms with van der Waals surface area (Å²) in [6.07, 6.45) is 22.3. The maximum absolute atomic E-state index is 12.6. The molecule has 1 atom stereocenters. The van der Waals surface area contributed by atoms with Crippen molar-refractivity contribution in [2.45, 2.75) is 162 Å². The van der Waals surface area contributed by atoms with Crippen molar-refractivity contribution in [2.75, 3.05) is 6.61 Å². The molecule has 0 spiro atoms. The molecule has 4 nitrogen and oxygen atoms in total. The van der Waals surface area contributed by atoms with Crippen molar-refractivity contribution < 1.29 is 19.1 Å². The van der Waals surface area contributed by atoms with Crippen LogP contribution >= 0.6 is 0 Å². The van der Waals surface area contributed by atoms with E-state index >= 15 is 0 Å². The van der Waals surface area contributed by atoms with Gasteiger partial charge in [0.15, 0.2) is 6.10 Å². The van der Waals surface area contributed by atoms with Crippen LogP contribution in [0.3, 0.4) is 0 Å². The number of esters is 2. The molecule has 0 aliphatic rings. The summed E-state index contributed by atoms with van der Waals surface area (Å²) in [7, 11) is 0. The number of ether oxygens (including phenoxy) is 2. The van der Waals surface area contributed by atoms with Crippen molar-refractivity contribution in [2.24, 2.45) is 5.92 Å². The van der Waals surface area contributed by atoms with E-state index < -0.39 is 6.10 Å². The predicted molar refractivity (Wildman–Crippen MR) is 139 cm³/mol. The fourth-order valence-corrected chi connectivity index (χ4v) is 4.08. The third-order valence-electron chi connectivity index (χ3n) is 6.17. The summed E-state index contributed by atoms with van der Waals surface area (Å²) in [6.45, 7) is 8.89. The van der Waals surface area contributed by atoms with Crippen LogP contribution in [0.1, 0.15) is 156 Å². The number of unbranched alkanes of at least 4 members (excludes halogenated alkanes) is 16. The highest BCUT2D eigenvalue weighted by molar-refractivity contribution is 5.79. The first kappa shape index (κ1) is 31.9. The topological polar surface area (TPSA) is 52.6 Å². The minimum absolute atomic E-state index is 0.226. The molecule has 0 radical (unpaired) electrons. The van der Waals surface area contributed by atoms with Crippen LogP contribution in [0, 0.1) is 5.92 Å². The lowest BCUT2D eigenvalue weighted by Crippen LogP contribution is -2.30. The van der Waals surface area contributed by atoms with Crippen molar-refractivity contribution in [3.8, 4) is 0 Å². The molecule has 0 saturated carbocycles. The van der Waals surface area contributed by atoms with E-state index in [1.165, 1.54) is 89.9 Å². The van der Waals surface area contributed by atoms with Gasteiger partial charge in [0.1, 0.15) is 0 Å². The lowest BCUT2D eigenvalue weighted by atomic mass is 10.1. The zero-order chi connectivity index (χ0) is 24.6. The van der Waals surface area contributed by atoms with Crippen molar-refractivity contribution in [3.05, 3.63) is 0 Å². The Morgan fingerprint density at radius 3 is 1.48 bits per heavy atom. The lowest BCUT2D eigenvalue weighted by molar-refractivity contribution is -0.169. The lowest BCUT2D eigenvalue weighted by Gasteiger charge is -2.17. The largest absolute Gasteiger partial charge is 0.463 e. The van der Waals surface area contributed by atoms with Crippen LogP contribution < -0.4 is 0 Å². The van der Waals surface area contributed by atoms with E-state index in [1.807, 2.05) is 13.8 Å². The first-order chi connectivity index (χ1) is 16.0. The molecule has 0 N–H and O–H groups in total. The van der Waals surface area contributed by atoms with Gasteiger partial charge in [0, 0.05) is 6.42 Å². The van der Waals surface area contributed by atoms with Gasteiger partial charge in [-0.3, -0.25) is 4.79 Å². The summed E-state index contributed by atoms with van der Waals surface area (Å²) >= 11 is 0. The summed E-state index contributed by atoms with van der Waals surface area (Å²) in [5.41, 5.74) is 0. The minimum atomic E-state index is -0.737. The molecule has 0 aliphatic carbocycles. The minimum Gasteiger partial charge on any atom is -0.463 e. The highest BCUT2D eigenvalue weighted by Gasteiger charge is 2.24. The number of hydrogen-bond donors (Lipinski definition) is 0.